The summed E-state index contributed by atoms with van der Waals surface area (Å²) >= 11 is 5.64. The van der Waals surface area contributed by atoms with Gasteiger partial charge in [-0.2, -0.15) is 0 Å². The second-order valence-electron chi connectivity index (χ2n) is 3.31. The number of hydrogen-bond donors (Lipinski definition) is 1. The van der Waals surface area contributed by atoms with Gasteiger partial charge in [0.1, 0.15) is 5.15 Å². The second-order valence-corrected chi connectivity index (χ2v) is 3.69. The van der Waals surface area contributed by atoms with E-state index in [1.165, 1.54) is 0 Å². The van der Waals surface area contributed by atoms with Crippen LogP contribution in [0.2, 0.25) is 5.15 Å². The van der Waals surface area contributed by atoms with Gasteiger partial charge in [-0.3, -0.25) is 4.79 Å². The molecule has 2 rings (SSSR count). The van der Waals surface area contributed by atoms with Crippen molar-refractivity contribution in [3.63, 3.8) is 0 Å². The Bertz CT molecular complexity index is 352. The van der Waals surface area contributed by atoms with Gasteiger partial charge in [-0.05, 0) is 12.1 Å². The van der Waals surface area contributed by atoms with Crippen molar-refractivity contribution in [3.05, 3.63) is 23.5 Å². The van der Waals surface area contributed by atoms with Gasteiger partial charge in [0.15, 0.2) is 0 Å². The van der Waals surface area contributed by atoms with E-state index in [2.05, 4.69) is 4.98 Å². The molecule has 1 aliphatic heterocycles. The third-order valence-corrected chi connectivity index (χ3v) is 2.40. The van der Waals surface area contributed by atoms with Crippen LogP contribution >= 0.6 is 11.6 Å². The molecule has 0 saturated carbocycles. The minimum Gasteiger partial charge on any atom is -0.326 e. The second kappa shape index (κ2) is 3.55. The number of nitrogens with zero attached hydrogens (tertiary/aromatic N) is 2. The molecule has 0 aliphatic carbocycles. The number of rotatable bonds is 1. The number of nitrogens with two attached hydrogens (primary N) is 1. The molecule has 4 nitrogen and oxygen atoms in total. The number of halogens is 1. The van der Waals surface area contributed by atoms with Crippen LogP contribution in [-0.2, 0) is 4.79 Å². The monoisotopic (exact) mass is 211 g/mol. The summed E-state index contributed by atoms with van der Waals surface area (Å²) in [6.07, 6.45) is 1.99. The molecule has 1 aliphatic rings. The first-order valence-corrected chi connectivity index (χ1v) is 4.72. The van der Waals surface area contributed by atoms with Gasteiger partial charge in [-0.1, -0.05) is 11.6 Å². The molecule has 1 unspecified atom stereocenters. The Kier molecular flexibility index (Phi) is 2.39. The number of carbonyl (C=O) groups is 1. The maximum absolute atomic E-state index is 11.5. The molecule has 0 bridgehead atoms. The smallest absolute Gasteiger partial charge is 0.228 e. The Morgan fingerprint density at radius 3 is 2.86 bits per heavy atom. The molecular formula is C9H10ClN3O. The molecule has 0 aromatic carbocycles. The van der Waals surface area contributed by atoms with Crippen LogP contribution in [0.25, 0.3) is 0 Å². The topological polar surface area (TPSA) is 59.2 Å². The van der Waals surface area contributed by atoms with Crippen LogP contribution in [-0.4, -0.2) is 23.5 Å². The Hall–Kier alpha value is -1.13. The molecule has 5 heteroatoms. The molecule has 1 saturated heterocycles. The van der Waals surface area contributed by atoms with Crippen LogP contribution in [0, 0.1) is 0 Å². The van der Waals surface area contributed by atoms with Crippen LogP contribution in [0.1, 0.15) is 6.42 Å². The number of pyridine rings is 1. The van der Waals surface area contributed by atoms with Crippen LogP contribution in [0.3, 0.4) is 0 Å². The molecule has 74 valence electrons. The van der Waals surface area contributed by atoms with Crippen molar-refractivity contribution in [2.24, 2.45) is 5.73 Å². The Labute approximate surface area is 86.7 Å². The van der Waals surface area contributed by atoms with Crippen molar-refractivity contribution in [1.82, 2.24) is 4.98 Å². The minimum atomic E-state index is -0.0711. The fourth-order valence-electron chi connectivity index (χ4n) is 1.51. The summed E-state index contributed by atoms with van der Waals surface area (Å²) in [5.41, 5.74) is 6.43. The molecule has 1 aromatic rings. The zero-order valence-electron chi connectivity index (χ0n) is 7.48. The van der Waals surface area contributed by atoms with E-state index in [1.807, 2.05) is 0 Å². The van der Waals surface area contributed by atoms with Gasteiger partial charge in [-0.25, -0.2) is 4.98 Å². The van der Waals surface area contributed by atoms with E-state index in [4.69, 9.17) is 17.3 Å². The zero-order chi connectivity index (χ0) is 10.1. The summed E-state index contributed by atoms with van der Waals surface area (Å²) in [5.74, 6) is 0.0432. The summed E-state index contributed by atoms with van der Waals surface area (Å²) in [4.78, 5) is 17.0. The largest absolute Gasteiger partial charge is 0.326 e. The van der Waals surface area contributed by atoms with Gasteiger partial charge in [0.05, 0.1) is 11.9 Å². The number of amides is 1. The standard InChI is InChI=1S/C9H10ClN3O/c10-8-2-1-7(4-12-8)13-5-6(11)3-9(13)14/h1-2,4,6H,3,5,11H2. The average Bonchev–Trinajstić information content (AvgIpc) is 2.47. The third kappa shape index (κ3) is 1.71. The van der Waals surface area contributed by atoms with Gasteiger partial charge < -0.3 is 10.6 Å². The van der Waals surface area contributed by atoms with E-state index in [0.717, 1.165) is 5.69 Å². The van der Waals surface area contributed by atoms with E-state index < -0.39 is 0 Å². The molecule has 1 aromatic heterocycles. The summed E-state index contributed by atoms with van der Waals surface area (Å²) < 4.78 is 0. The average molecular weight is 212 g/mol. The number of aromatic nitrogens is 1. The summed E-state index contributed by atoms with van der Waals surface area (Å²) in [5, 5.41) is 0.421. The molecular weight excluding hydrogens is 202 g/mol. The molecule has 2 N–H and O–H groups in total. The number of anilines is 1. The van der Waals surface area contributed by atoms with E-state index in [0.29, 0.717) is 18.1 Å². The first kappa shape index (κ1) is 9.43. The van der Waals surface area contributed by atoms with Crippen LogP contribution in [0.4, 0.5) is 5.69 Å². The SMILES string of the molecule is NC1CC(=O)N(c2ccc(Cl)nc2)C1. The quantitative estimate of drug-likeness (QED) is 0.699. The Morgan fingerprint density at radius 2 is 2.36 bits per heavy atom. The van der Waals surface area contributed by atoms with E-state index >= 15 is 0 Å². The van der Waals surface area contributed by atoms with E-state index in [9.17, 15) is 4.79 Å². The van der Waals surface area contributed by atoms with Crippen molar-refractivity contribution in [3.8, 4) is 0 Å². The fraction of sp³-hybridized carbons (Fsp3) is 0.333. The summed E-state index contributed by atoms with van der Waals surface area (Å²) in [7, 11) is 0. The maximum atomic E-state index is 11.5. The van der Waals surface area contributed by atoms with Gasteiger partial charge in [0.25, 0.3) is 0 Å². The molecule has 0 radical (unpaired) electrons. The van der Waals surface area contributed by atoms with Crippen molar-refractivity contribution in [2.75, 3.05) is 11.4 Å². The highest BCUT2D eigenvalue weighted by molar-refractivity contribution is 6.29. The number of hydrogen-bond acceptors (Lipinski definition) is 3. The lowest BCUT2D eigenvalue weighted by Crippen LogP contribution is -2.27. The van der Waals surface area contributed by atoms with Gasteiger partial charge in [0.2, 0.25) is 5.91 Å². The minimum absolute atomic E-state index is 0.0432. The predicted octanol–water partition coefficient (Wildman–Crippen LogP) is 0.799. The predicted molar refractivity (Wildman–Crippen MR) is 54.2 cm³/mol. The van der Waals surface area contributed by atoms with Crippen LogP contribution < -0.4 is 10.6 Å². The number of carbonyl (C=O) groups excluding carboxylic acids is 1. The highest BCUT2D eigenvalue weighted by Crippen LogP contribution is 2.20. The molecule has 0 spiro atoms. The van der Waals surface area contributed by atoms with Crippen LogP contribution in [0.5, 0.6) is 0 Å². The lowest BCUT2D eigenvalue weighted by molar-refractivity contribution is -0.117. The first-order chi connectivity index (χ1) is 6.66. The molecule has 1 fully saturated rings. The van der Waals surface area contributed by atoms with Gasteiger partial charge in [-0.15, -0.1) is 0 Å². The summed E-state index contributed by atoms with van der Waals surface area (Å²) in [6.45, 7) is 0.558. The lowest BCUT2D eigenvalue weighted by Gasteiger charge is -2.15. The highest BCUT2D eigenvalue weighted by atomic mass is 35.5. The van der Waals surface area contributed by atoms with Crippen LogP contribution in [0.15, 0.2) is 18.3 Å². The van der Waals surface area contributed by atoms with Crippen molar-refractivity contribution in [1.29, 1.82) is 0 Å². The lowest BCUT2D eigenvalue weighted by atomic mass is 10.3. The van der Waals surface area contributed by atoms with Crippen molar-refractivity contribution < 1.29 is 4.79 Å². The maximum Gasteiger partial charge on any atom is 0.228 e. The Morgan fingerprint density at radius 1 is 1.57 bits per heavy atom. The van der Waals surface area contributed by atoms with Gasteiger partial charge >= 0.3 is 0 Å². The molecule has 1 atom stereocenters. The normalized spacial score (nSPS) is 21.7. The fourth-order valence-corrected chi connectivity index (χ4v) is 1.62. The highest BCUT2D eigenvalue weighted by Gasteiger charge is 2.27. The van der Waals surface area contributed by atoms with E-state index in [1.54, 1.807) is 23.2 Å². The first-order valence-electron chi connectivity index (χ1n) is 4.34. The molecule has 1 amide bonds. The molecule has 14 heavy (non-hydrogen) atoms. The summed E-state index contributed by atoms with van der Waals surface area (Å²) in [6, 6.07) is 3.36. The molecule has 2 heterocycles. The third-order valence-electron chi connectivity index (χ3n) is 2.18. The zero-order valence-corrected chi connectivity index (χ0v) is 8.24. The Balaban J connectivity index is 2.23. The van der Waals surface area contributed by atoms with Crippen molar-refractivity contribution in [2.45, 2.75) is 12.5 Å². The van der Waals surface area contributed by atoms with Crippen molar-refractivity contribution >= 4 is 23.2 Å². The van der Waals surface area contributed by atoms with Gasteiger partial charge in [0, 0.05) is 19.0 Å². The van der Waals surface area contributed by atoms with E-state index in [-0.39, 0.29) is 11.9 Å².